The van der Waals surface area contributed by atoms with Crippen LogP contribution in [0.3, 0.4) is 0 Å². The summed E-state index contributed by atoms with van der Waals surface area (Å²) in [6.07, 6.45) is 0.533. The number of piperidine rings is 1. The van der Waals surface area contributed by atoms with Gasteiger partial charge < -0.3 is 10.0 Å². The van der Waals surface area contributed by atoms with Crippen LogP contribution >= 0.6 is 0 Å². The number of anilines is 1. The summed E-state index contributed by atoms with van der Waals surface area (Å²) in [5.41, 5.74) is 0.923. The maximum absolute atomic E-state index is 13.5. The Bertz CT molecular complexity index is 501. The molecule has 2 rings (SSSR count). The molecule has 1 saturated heterocycles. The lowest BCUT2D eigenvalue weighted by Crippen LogP contribution is -2.42. The van der Waals surface area contributed by atoms with Crippen LogP contribution in [0.1, 0.15) is 18.4 Å². The van der Waals surface area contributed by atoms with Gasteiger partial charge in [-0.15, -0.1) is 0 Å². The van der Waals surface area contributed by atoms with Gasteiger partial charge in [0.15, 0.2) is 0 Å². The number of carbonyl (C=O) groups excluding carboxylic acids is 1. The molecule has 0 bridgehead atoms. The Morgan fingerprint density at radius 3 is 2.83 bits per heavy atom. The fourth-order valence-electron chi connectivity index (χ4n) is 2.05. The molecule has 0 saturated carbocycles. The van der Waals surface area contributed by atoms with E-state index in [2.05, 4.69) is 0 Å². The smallest absolute Gasteiger partial charge is 0.308 e. The van der Waals surface area contributed by atoms with Crippen LogP contribution in [-0.2, 0) is 9.59 Å². The molecule has 1 atom stereocenters. The monoisotopic (exact) mass is 251 g/mol. The molecule has 4 nitrogen and oxygen atoms in total. The first-order valence-electron chi connectivity index (χ1n) is 5.78. The summed E-state index contributed by atoms with van der Waals surface area (Å²) in [6, 6.07) is 4.50. The Hall–Kier alpha value is -1.91. The van der Waals surface area contributed by atoms with E-state index in [1.54, 1.807) is 19.1 Å². The first-order valence-corrected chi connectivity index (χ1v) is 5.78. The SMILES string of the molecule is Cc1ccc(N2CC(C(=O)O)CCC2=O)cc1F. The van der Waals surface area contributed by atoms with Gasteiger partial charge in [0.1, 0.15) is 5.82 Å². The summed E-state index contributed by atoms with van der Waals surface area (Å²) < 4.78 is 13.5. The largest absolute Gasteiger partial charge is 0.481 e. The molecule has 1 fully saturated rings. The lowest BCUT2D eigenvalue weighted by atomic mass is 9.97. The molecule has 5 heteroatoms. The minimum atomic E-state index is -0.917. The van der Waals surface area contributed by atoms with Crippen LogP contribution in [0, 0.1) is 18.7 Å². The molecule has 1 aromatic carbocycles. The Morgan fingerprint density at radius 1 is 1.50 bits per heavy atom. The predicted octanol–water partition coefficient (Wildman–Crippen LogP) is 1.96. The Labute approximate surface area is 104 Å². The van der Waals surface area contributed by atoms with Crippen LogP contribution in [0.2, 0.25) is 0 Å². The molecular weight excluding hydrogens is 237 g/mol. The zero-order valence-electron chi connectivity index (χ0n) is 10.0. The second-order valence-electron chi connectivity index (χ2n) is 4.51. The van der Waals surface area contributed by atoms with Crippen molar-refractivity contribution in [2.75, 3.05) is 11.4 Å². The quantitative estimate of drug-likeness (QED) is 0.874. The Morgan fingerprint density at radius 2 is 2.22 bits per heavy atom. The van der Waals surface area contributed by atoms with Gasteiger partial charge in [-0.25, -0.2) is 4.39 Å². The topological polar surface area (TPSA) is 57.6 Å². The molecular formula is C13H14FNO3. The number of carboxylic acids is 1. The molecule has 0 spiro atoms. The van der Waals surface area contributed by atoms with Crippen molar-refractivity contribution in [2.45, 2.75) is 19.8 Å². The van der Waals surface area contributed by atoms with Crippen LogP contribution in [0.4, 0.5) is 10.1 Å². The highest BCUT2D eigenvalue weighted by atomic mass is 19.1. The number of halogens is 1. The highest BCUT2D eigenvalue weighted by Gasteiger charge is 2.31. The second kappa shape index (κ2) is 4.76. The Kier molecular flexibility index (Phi) is 3.32. The summed E-state index contributed by atoms with van der Waals surface area (Å²) in [4.78, 5) is 24.1. The number of aliphatic carboxylic acids is 1. The summed E-state index contributed by atoms with van der Waals surface area (Å²) in [5.74, 6) is -2.04. The van der Waals surface area contributed by atoms with Crippen molar-refractivity contribution in [3.63, 3.8) is 0 Å². The van der Waals surface area contributed by atoms with Crippen molar-refractivity contribution in [1.82, 2.24) is 0 Å². The minimum absolute atomic E-state index is 0.108. The van der Waals surface area contributed by atoms with Gasteiger partial charge in [-0.2, -0.15) is 0 Å². The van der Waals surface area contributed by atoms with E-state index in [4.69, 9.17) is 5.11 Å². The van der Waals surface area contributed by atoms with E-state index in [1.165, 1.54) is 11.0 Å². The van der Waals surface area contributed by atoms with E-state index < -0.39 is 17.7 Å². The van der Waals surface area contributed by atoms with Crippen LogP contribution in [-0.4, -0.2) is 23.5 Å². The molecule has 1 aliphatic rings. The van der Waals surface area contributed by atoms with Crippen LogP contribution in [0.5, 0.6) is 0 Å². The third-order valence-corrected chi connectivity index (χ3v) is 3.23. The van der Waals surface area contributed by atoms with Crippen molar-refractivity contribution in [1.29, 1.82) is 0 Å². The van der Waals surface area contributed by atoms with E-state index in [-0.39, 0.29) is 18.9 Å². The highest BCUT2D eigenvalue weighted by Crippen LogP contribution is 2.25. The number of carboxylic acid groups (broad SMARTS) is 1. The van der Waals surface area contributed by atoms with Crippen molar-refractivity contribution < 1.29 is 19.1 Å². The van der Waals surface area contributed by atoms with Gasteiger partial charge in [0.05, 0.1) is 5.92 Å². The molecule has 0 aromatic heterocycles. The number of carbonyl (C=O) groups is 2. The minimum Gasteiger partial charge on any atom is -0.481 e. The number of aryl methyl sites for hydroxylation is 1. The van der Waals surface area contributed by atoms with Crippen LogP contribution in [0.25, 0.3) is 0 Å². The lowest BCUT2D eigenvalue weighted by Gasteiger charge is -2.30. The maximum Gasteiger partial charge on any atom is 0.308 e. The summed E-state index contributed by atoms with van der Waals surface area (Å²) in [5, 5.41) is 8.98. The molecule has 0 radical (unpaired) electrons. The van der Waals surface area contributed by atoms with Crippen molar-refractivity contribution in [3.8, 4) is 0 Å². The molecule has 1 N–H and O–H groups in total. The van der Waals surface area contributed by atoms with Crippen molar-refractivity contribution in [3.05, 3.63) is 29.6 Å². The van der Waals surface area contributed by atoms with E-state index in [9.17, 15) is 14.0 Å². The van der Waals surface area contributed by atoms with Crippen LogP contribution < -0.4 is 4.90 Å². The molecule has 1 aliphatic heterocycles. The molecule has 1 amide bonds. The molecule has 18 heavy (non-hydrogen) atoms. The number of hydrogen-bond donors (Lipinski definition) is 1. The molecule has 96 valence electrons. The zero-order chi connectivity index (χ0) is 13.3. The molecule has 1 unspecified atom stereocenters. The first-order chi connectivity index (χ1) is 8.49. The number of nitrogens with zero attached hydrogens (tertiary/aromatic N) is 1. The Balaban J connectivity index is 2.26. The zero-order valence-corrected chi connectivity index (χ0v) is 10.0. The van der Waals surface area contributed by atoms with Crippen LogP contribution in [0.15, 0.2) is 18.2 Å². The van der Waals surface area contributed by atoms with Gasteiger partial charge in [-0.3, -0.25) is 9.59 Å². The third kappa shape index (κ3) is 2.34. The van der Waals surface area contributed by atoms with Crippen molar-refractivity contribution in [2.24, 2.45) is 5.92 Å². The standard InChI is InChI=1S/C13H14FNO3/c1-8-2-4-10(6-11(8)14)15-7-9(13(17)18)3-5-12(15)16/h2,4,6,9H,3,5,7H2,1H3,(H,17,18). The number of amides is 1. The number of rotatable bonds is 2. The van der Waals surface area contributed by atoms with E-state index in [0.717, 1.165) is 0 Å². The fraction of sp³-hybridized carbons (Fsp3) is 0.385. The summed E-state index contributed by atoms with van der Waals surface area (Å²) >= 11 is 0. The fourth-order valence-corrected chi connectivity index (χ4v) is 2.05. The predicted molar refractivity (Wildman–Crippen MR) is 63.8 cm³/mol. The second-order valence-corrected chi connectivity index (χ2v) is 4.51. The van der Waals surface area contributed by atoms with Gasteiger partial charge in [-0.1, -0.05) is 6.07 Å². The summed E-state index contributed by atoms with van der Waals surface area (Å²) in [7, 11) is 0. The molecule has 0 aliphatic carbocycles. The van der Waals surface area contributed by atoms with E-state index >= 15 is 0 Å². The lowest BCUT2D eigenvalue weighted by molar-refractivity contribution is -0.142. The highest BCUT2D eigenvalue weighted by molar-refractivity contribution is 5.95. The molecule has 1 heterocycles. The normalized spacial score (nSPS) is 20.0. The molecule has 1 aromatic rings. The van der Waals surface area contributed by atoms with Gasteiger partial charge in [-0.05, 0) is 31.0 Å². The van der Waals surface area contributed by atoms with E-state index in [0.29, 0.717) is 17.7 Å². The summed E-state index contributed by atoms with van der Waals surface area (Å²) in [6.45, 7) is 1.74. The van der Waals surface area contributed by atoms with Gasteiger partial charge in [0.2, 0.25) is 5.91 Å². The average Bonchev–Trinajstić information content (AvgIpc) is 2.33. The third-order valence-electron chi connectivity index (χ3n) is 3.23. The van der Waals surface area contributed by atoms with E-state index in [1.807, 2.05) is 0 Å². The number of benzene rings is 1. The van der Waals surface area contributed by atoms with Gasteiger partial charge >= 0.3 is 5.97 Å². The van der Waals surface area contributed by atoms with Gasteiger partial charge in [0.25, 0.3) is 0 Å². The van der Waals surface area contributed by atoms with Crippen molar-refractivity contribution >= 4 is 17.6 Å². The number of hydrogen-bond acceptors (Lipinski definition) is 2. The first kappa shape index (κ1) is 12.5. The maximum atomic E-state index is 13.5. The van der Waals surface area contributed by atoms with Gasteiger partial charge in [0, 0.05) is 18.7 Å². The average molecular weight is 251 g/mol.